The molecule has 0 aromatic heterocycles. The van der Waals surface area contributed by atoms with Crippen LogP contribution in [0.3, 0.4) is 0 Å². The third-order valence-corrected chi connectivity index (χ3v) is 5.79. The molecule has 5 nitrogen and oxygen atoms in total. The van der Waals surface area contributed by atoms with Crippen LogP contribution in [0, 0.1) is 5.92 Å². The van der Waals surface area contributed by atoms with E-state index in [1.165, 1.54) is 45.3 Å². The molecule has 1 aromatic carbocycles. The van der Waals surface area contributed by atoms with Crippen LogP contribution in [-0.4, -0.2) is 68.2 Å². The van der Waals surface area contributed by atoms with Crippen molar-refractivity contribution < 1.29 is 4.74 Å². The van der Waals surface area contributed by atoms with E-state index in [4.69, 9.17) is 16.3 Å². The molecule has 27 heavy (non-hydrogen) atoms. The normalized spacial score (nSPS) is 22.7. The summed E-state index contributed by atoms with van der Waals surface area (Å²) in [5, 5.41) is 4.12. The van der Waals surface area contributed by atoms with Gasteiger partial charge in [-0.3, -0.25) is 4.99 Å². The van der Waals surface area contributed by atoms with Gasteiger partial charge in [-0.05, 0) is 57.3 Å². The van der Waals surface area contributed by atoms with Gasteiger partial charge in [0.15, 0.2) is 5.96 Å². The van der Waals surface area contributed by atoms with Gasteiger partial charge < -0.3 is 19.9 Å². The Morgan fingerprint density at radius 1 is 1.26 bits per heavy atom. The number of likely N-dealkylation sites (tertiary alicyclic amines) is 2. The number of guanidine groups is 1. The molecule has 2 unspecified atom stereocenters. The number of rotatable bonds is 6. The van der Waals surface area contributed by atoms with Crippen LogP contribution >= 0.6 is 11.6 Å². The van der Waals surface area contributed by atoms with Crippen molar-refractivity contribution in [3.8, 4) is 5.75 Å². The lowest BCUT2D eigenvalue weighted by molar-refractivity contribution is 0.197. The van der Waals surface area contributed by atoms with Gasteiger partial charge in [0.25, 0.3) is 0 Å². The Kier molecular flexibility index (Phi) is 7.65. The van der Waals surface area contributed by atoms with Gasteiger partial charge in [-0.25, -0.2) is 0 Å². The SMILES string of the molecule is CN=C(NCC(C)Oc1ccccc1Cl)N1CCC(CN2CCCCC2)C1. The highest BCUT2D eigenvalue weighted by molar-refractivity contribution is 6.32. The van der Waals surface area contributed by atoms with Crippen molar-refractivity contribution >= 4 is 17.6 Å². The van der Waals surface area contributed by atoms with E-state index in [0.29, 0.717) is 11.6 Å². The van der Waals surface area contributed by atoms with E-state index >= 15 is 0 Å². The molecule has 1 N–H and O–H groups in total. The molecular formula is C21H33ClN4O. The smallest absolute Gasteiger partial charge is 0.193 e. The standard InChI is InChI=1S/C21H33ClN4O/c1-17(27-20-9-5-4-8-19(20)22)14-24-21(23-2)26-13-10-18(16-26)15-25-11-6-3-7-12-25/h4-5,8-9,17-18H,3,6-7,10-16H2,1-2H3,(H,23,24). The summed E-state index contributed by atoms with van der Waals surface area (Å²) in [5.41, 5.74) is 0. The molecule has 3 rings (SSSR count). The molecule has 0 saturated carbocycles. The first-order valence-electron chi connectivity index (χ1n) is 10.2. The van der Waals surface area contributed by atoms with E-state index < -0.39 is 0 Å². The average Bonchev–Trinajstić information content (AvgIpc) is 3.13. The van der Waals surface area contributed by atoms with E-state index in [-0.39, 0.29) is 6.10 Å². The summed E-state index contributed by atoms with van der Waals surface area (Å²) in [5.74, 6) is 2.45. The van der Waals surface area contributed by atoms with Crippen LogP contribution in [0.25, 0.3) is 0 Å². The number of hydrogen-bond acceptors (Lipinski definition) is 3. The largest absolute Gasteiger partial charge is 0.487 e. The fourth-order valence-electron chi connectivity index (χ4n) is 4.05. The number of nitrogens with zero attached hydrogens (tertiary/aromatic N) is 3. The minimum Gasteiger partial charge on any atom is -0.487 e. The topological polar surface area (TPSA) is 40.1 Å². The third-order valence-electron chi connectivity index (χ3n) is 5.47. The van der Waals surface area contributed by atoms with E-state index in [0.717, 1.165) is 30.7 Å². The third kappa shape index (κ3) is 6.01. The molecule has 0 amide bonds. The van der Waals surface area contributed by atoms with Gasteiger partial charge in [0.1, 0.15) is 11.9 Å². The number of halogens is 1. The maximum absolute atomic E-state index is 6.18. The van der Waals surface area contributed by atoms with Crippen LogP contribution in [0.5, 0.6) is 5.75 Å². The molecule has 1 aromatic rings. The maximum atomic E-state index is 6.18. The molecule has 2 aliphatic heterocycles. The zero-order valence-electron chi connectivity index (χ0n) is 16.7. The molecule has 2 aliphatic rings. The van der Waals surface area contributed by atoms with Crippen molar-refractivity contribution in [1.29, 1.82) is 0 Å². The first-order valence-corrected chi connectivity index (χ1v) is 10.6. The summed E-state index contributed by atoms with van der Waals surface area (Å²) < 4.78 is 5.95. The lowest BCUT2D eigenvalue weighted by atomic mass is 10.1. The monoisotopic (exact) mass is 392 g/mol. The van der Waals surface area contributed by atoms with Crippen LogP contribution in [0.2, 0.25) is 5.02 Å². The predicted octanol–water partition coefficient (Wildman–Crippen LogP) is 3.49. The molecular weight excluding hydrogens is 360 g/mol. The van der Waals surface area contributed by atoms with Crippen LogP contribution in [-0.2, 0) is 0 Å². The van der Waals surface area contributed by atoms with Gasteiger partial charge in [0, 0.05) is 26.7 Å². The van der Waals surface area contributed by atoms with Gasteiger partial charge in [0.05, 0.1) is 11.6 Å². The number of benzene rings is 1. The number of piperidine rings is 1. The molecule has 6 heteroatoms. The Balaban J connectivity index is 1.43. The highest BCUT2D eigenvalue weighted by Gasteiger charge is 2.27. The van der Waals surface area contributed by atoms with Crippen molar-refractivity contribution in [3.05, 3.63) is 29.3 Å². The average molecular weight is 393 g/mol. The molecule has 2 fully saturated rings. The molecule has 0 aliphatic carbocycles. The maximum Gasteiger partial charge on any atom is 0.193 e. The van der Waals surface area contributed by atoms with Gasteiger partial charge in [-0.1, -0.05) is 30.2 Å². The minimum atomic E-state index is 0.00778. The van der Waals surface area contributed by atoms with Gasteiger partial charge >= 0.3 is 0 Å². The summed E-state index contributed by atoms with van der Waals surface area (Å²) in [7, 11) is 1.86. The van der Waals surface area contributed by atoms with Gasteiger partial charge in [-0.15, -0.1) is 0 Å². The lowest BCUT2D eigenvalue weighted by Gasteiger charge is -2.29. The van der Waals surface area contributed by atoms with Crippen molar-refractivity contribution in [2.24, 2.45) is 10.9 Å². The second-order valence-electron chi connectivity index (χ2n) is 7.75. The summed E-state index contributed by atoms with van der Waals surface area (Å²) in [6.07, 6.45) is 5.39. The first kappa shape index (κ1) is 20.3. The van der Waals surface area contributed by atoms with Crippen LogP contribution < -0.4 is 10.1 Å². The lowest BCUT2D eigenvalue weighted by Crippen LogP contribution is -2.44. The van der Waals surface area contributed by atoms with E-state index in [9.17, 15) is 0 Å². The van der Waals surface area contributed by atoms with Crippen LogP contribution in [0.4, 0.5) is 0 Å². The number of aliphatic imine (C=N–C) groups is 1. The zero-order valence-corrected chi connectivity index (χ0v) is 17.4. The quantitative estimate of drug-likeness (QED) is 0.594. The fraction of sp³-hybridized carbons (Fsp3) is 0.667. The minimum absolute atomic E-state index is 0.00778. The van der Waals surface area contributed by atoms with Crippen molar-refractivity contribution in [3.63, 3.8) is 0 Å². The van der Waals surface area contributed by atoms with Gasteiger partial charge in [-0.2, -0.15) is 0 Å². The molecule has 2 saturated heterocycles. The molecule has 0 radical (unpaired) electrons. The zero-order chi connectivity index (χ0) is 19.1. The van der Waals surface area contributed by atoms with E-state index in [1.807, 2.05) is 38.2 Å². The van der Waals surface area contributed by atoms with Crippen LogP contribution in [0.15, 0.2) is 29.3 Å². The Hall–Kier alpha value is -1.46. The Morgan fingerprint density at radius 2 is 2.04 bits per heavy atom. The molecule has 0 bridgehead atoms. The van der Waals surface area contributed by atoms with E-state index in [1.54, 1.807) is 0 Å². The number of hydrogen-bond donors (Lipinski definition) is 1. The second kappa shape index (κ2) is 10.2. The van der Waals surface area contributed by atoms with Crippen molar-refractivity contribution in [2.45, 2.75) is 38.7 Å². The molecule has 2 heterocycles. The highest BCUT2D eigenvalue weighted by Crippen LogP contribution is 2.24. The Bertz CT molecular complexity index is 618. The second-order valence-corrected chi connectivity index (χ2v) is 8.16. The first-order chi connectivity index (χ1) is 13.2. The fourth-order valence-corrected chi connectivity index (χ4v) is 4.23. The number of ether oxygens (including phenoxy) is 1. The summed E-state index contributed by atoms with van der Waals surface area (Å²) in [4.78, 5) is 9.52. The Morgan fingerprint density at radius 3 is 2.78 bits per heavy atom. The summed E-state index contributed by atoms with van der Waals surface area (Å²) in [6, 6.07) is 7.60. The highest BCUT2D eigenvalue weighted by atomic mass is 35.5. The van der Waals surface area contributed by atoms with Gasteiger partial charge in [0.2, 0.25) is 0 Å². The number of nitrogens with one attached hydrogen (secondary N) is 1. The van der Waals surface area contributed by atoms with Crippen molar-refractivity contribution in [2.75, 3.05) is 46.3 Å². The molecule has 0 spiro atoms. The molecule has 2 atom stereocenters. The predicted molar refractivity (Wildman–Crippen MR) is 113 cm³/mol. The Labute approximate surface area is 168 Å². The summed E-state index contributed by atoms with van der Waals surface area (Å²) >= 11 is 6.18. The summed E-state index contributed by atoms with van der Waals surface area (Å²) in [6.45, 7) is 8.71. The molecule has 150 valence electrons. The van der Waals surface area contributed by atoms with Crippen LogP contribution in [0.1, 0.15) is 32.6 Å². The van der Waals surface area contributed by atoms with E-state index in [2.05, 4.69) is 20.1 Å². The van der Waals surface area contributed by atoms with Crippen molar-refractivity contribution in [1.82, 2.24) is 15.1 Å². The number of para-hydroxylation sites is 1.